The number of hydrogen-bond acceptors (Lipinski definition) is 0. The first-order chi connectivity index (χ1) is 11.3. The van der Waals surface area contributed by atoms with Crippen LogP contribution >= 0.6 is 0 Å². The molecule has 0 aliphatic heterocycles. The molecule has 0 heterocycles. The van der Waals surface area contributed by atoms with Gasteiger partial charge in [-0.3, -0.25) is 0 Å². The van der Waals surface area contributed by atoms with E-state index in [0.717, 1.165) is 0 Å². The third-order valence-corrected chi connectivity index (χ3v) is 5.09. The number of unbranched alkanes of at least 4 members (excludes halogenated alkanes) is 10. The van der Waals surface area contributed by atoms with Crippen LogP contribution in [0.5, 0.6) is 0 Å². The standard InChI is InChI=1S/C23H40/c1-4-6-8-9-10-11-12-13-14-15-20-23-21(3)17-16-19-22(23)18-7-5-2/h16-17,19H,4-15,18,20H2,1-3H3. The van der Waals surface area contributed by atoms with Gasteiger partial charge >= 0.3 is 0 Å². The predicted octanol–water partition coefficient (Wildman–Crippen LogP) is 7.80. The van der Waals surface area contributed by atoms with Crippen LogP contribution in [0.25, 0.3) is 0 Å². The summed E-state index contributed by atoms with van der Waals surface area (Å²) in [7, 11) is 0. The van der Waals surface area contributed by atoms with Crippen molar-refractivity contribution in [2.45, 2.75) is 111 Å². The highest BCUT2D eigenvalue weighted by atomic mass is 14.1. The molecule has 132 valence electrons. The van der Waals surface area contributed by atoms with E-state index >= 15 is 0 Å². The van der Waals surface area contributed by atoms with Crippen LogP contribution in [0.3, 0.4) is 0 Å². The van der Waals surface area contributed by atoms with E-state index < -0.39 is 0 Å². The summed E-state index contributed by atoms with van der Waals surface area (Å²) in [4.78, 5) is 0. The molecule has 0 heteroatoms. The molecule has 0 spiro atoms. The molecule has 0 amide bonds. The molecule has 0 bridgehead atoms. The molecule has 0 N–H and O–H groups in total. The van der Waals surface area contributed by atoms with Crippen molar-refractivity contribution >= 4 is 0 Å². The summed E-state index contributed by atoms with van der Waals surface area (Å²) in [5.41, 5.74) is 4.78. The Hall–Kier alpha value is -0.780. The fourth-order valence-corrected chi connectivity index (χ4v) is 3.51. The molecule has 0 atom stereocenters. The topological polar surface area (TPSA) is 0 Å². The molecule has 0 fully saturated rings. The van der Waals surface area contributed by atoms with Crippen LogP contribution in [0, 0.1) is 6.92 Å². The van der Waals surface area contributed by atoms with E-state index in [4.69, 9.17) is 0 Å². The van der Waals surface area contributed by atoms with Crippen LogP contribution in [0.15, 0.2) is 18.2 Å². The molecule has 0 aromatic heterocycles. The second-order valence-electron chi connectivity index (χ2n) is 7.25. The summed E-state index contributed by atoms with van der Waals surface area (Å²) in [5, 5.41) is 0. The van der Waals surface area contributed by atoms with Gasteiger partial charge in [-0.1, -0.05) is 96.3 Å². The Morgan fingerprint density at radius 1 is 0.609 bits per heavy atom. The van der Waals surface area contributed by atoms with Crippen LogP contribution in [0.4, 0.5) is 0 Å². The summed E-state index contributed by atoms with van der Waals surface area (Å²) in [6.45, 7) is 6.88. The minimum Gasteiger partial charge on any atom is -0.0654 e. The van der Waals surface area contributed by atoms with Gasteiger partial charge in [0, 0.05) is 0 Å². The molecular weight excluding hydrogens is 276 g/mol. The Kier molecular flexibility index (Phi) is 12.0. The number of hydrogen-bond donors (Lipinski definition) is 0. The molecule has 1 rings (SSSR count). The molecule has 0 radical (unpaired) electrons. The fraction of sp³-hybridized carbons (Fsp3) is 0.739. The third kappa shape index (κ3) is 9.18. The Morgan fingerprint density at radius 3 is 1.78 bits per heavy atom. The SMILES string of the molecule is CCCCCCCCCCCCc1c(C)cccc1CCCC. The molecule has 0 saturated carbocycles. The average Bonchev–Trinajstić information content (AvgIpc) is 2.56. The van der Waals surface area contributed by atoms with Crippen molar-refractivity contribution in [1.29, 1.82) is 0 Å². The quantitative estimate of drug-likeness (QED) is 0.307. The van der Waals surface area contributed by atoms with E-state index in [-0.39, 0.29) is 0 Å². The first kappa shape index (κ1) is 20.3. The van der Waals surface area contributed by atoms with Crippen molar-refractivity contribution in [3.05, 3.63) is 34.9 Å². The van der Waals surface area contributed by atoms with Gasteiger partial charge in [0.2, 0.25) is 0 Å². The summed E-state index contributed by atoms with van der Waals surface area (Å²) in [6, 6.07) is 6.89. The first-order valence-corrected chi connectivity index (χ1v) is 10.4. The van der Waals surface area contributed by atoms with Crippen molar-refractivity contribution in [3.8, 4) is 0 Å². The van der Waals surface area contributed by atoms with Gasteiger partial charge in [-0.2, -0.15) is 0 Å². The average molecular weight is 317 g/mol. The van der Waals surface area contributed by atoms with Gasteiger partial charge in [-0.05, 0) is 49.3 Å². The highest BCUT2D eigenvalue weighted by molar-refractivity contribution is 5.34. The van der Waals surface area contributed by atoms with Gasteiger partial charge in [0.05, 0.1) is 0 Å². The van der Waals surface area contributed by atoms with Gasteiger partial charge in [-0.25, -0.2) is 0 Å². The highest BCUT2D eigenvalue weighted by Crippen LogP contribution is 2.20. The Labute approximate surface area is 146 Å². The van der Waals surface area contributed by atoms with E-state index in [1.165, 1.54) is 95.5 Å². The normalized spacial score (nSPS) is 11.1. The van der Waals surface area contributed by atoms with Crippen LogP contribution in [0.2, 0.25) is 0 Å². The maximum atomic E-state index is 2.36. The monoisotopic (exact) mass is 316 g/mol. The van der Waals surface area contributed by atoms with Crippen LogP contribution < -0.4 is 0 Å². The summed E-state index contributed by atoms with van der Waals surface area (Å²) in [6.07, 6.45) is 19.5. The molecule has 23 heavy (non-hydrogen) atoms. The van der Waals surface area contributed by atoms with Gasteiger partial charge in [0.15, 0.2) is 0 Å². The lowest BCUT2D eigenvalue weighted by Gasteiger charge is -2.12. The van der Waals surface area contributed by atoms with Crippen molar-refractivity contribution < 1.29 is 0 Å². The molecule has 0 saturated heterocycles. The zero-order valence-electron chi connectivity index (χ0n) is 16.1. The zero-order chi connectivity index (χ0) is 16.8. The maximum absolute atomic E-state index is 2.36. The number of rotatable bonds is 14. The molecule has 0 aliphatic rings. The minimum absolute atomic E-state index is 1.27. The fourth-order valence-electron chi connectivity index (χ4n) is 3.51. The smallest absolute Gasteiger partial charge is 0.0274 e. The Balaban J connectivity index is 2.15. The number of aryl methyl sites for hydroxylation is 2. The van der Waals surface area contributed by atoms with E-state index in [1.807, 2.05) is 0 Å². The van der Waals surface area contributed by atoms with E-state index in [1.54, 1.807) is 11.1 Å². The third-order valence-electron chi connectivity index (χ3n) is 5.09. The van der Waals surface area contributed by atoms with Gasteiger partial charge < -0.3 is 0 Å². The van der Waals surface area contributed by atoms with Crippen LogP contribution in [0.1, 0.15) is 108 Å². The zero-order valence-corrected chi connectivity index (χ0v) is 16.1. The van der Waals surface area contributed by atoms with E-state index in [0.29, 0.717) is 0 Å². The van der Waals surface area contributed by atoms with Gasteiger partial charge in [-0.15, -0.1) is 0 Å². The minimum atomic E-state index is 1.27. The van der Waals surface area contributed by atoms with Crippen LogP contribution in [-0.2, 0) is 12.8 Å². The first-order valence-electron chi connectivity index (χ1n) is 10.4. The highest BCUT2D eigenvalue weighted by Gasteiger charge is 2.05. The largest absolute Gasteiger partial charge is 0.0654 e. The molecular formula is C23H40. The second-order valence-corrected chi connectivity index (χ2v) is 7.25. The Bertz CT molecular complexity index is 391. The predicted molar refractivity (Wildman–Crippen MR) is 105 cm³/mol. The lowest BCUT2D eigenvalue weighted by molar-refractivity contribution is 0.556. The summed E-state index contributed by atoms with van der Waals surface area (Å²) in [5.74, 6) is 0. The van der Waals surface area contributed by atoms with E-state index in [9.17, 15) is 0 Å². The van der Waals surface area contributed by atoms with Crippen LogP contribution in [-0.4, -0.2) is 0 Å². The van der Waals surface area contributed by atoms with E-state index in [2.05, 4.69) is 39.0 Å². The molecule has 0 nitrogen and oxygen atoms in total. The summed E-state index contributed by atoms with van der Waals surface area (Å²) < 4.78 is 0. The van der Waals surface area contributed by atoms with Gasteiger partial charge in [0.25, 0.3) is 0 Å². The second kappa shape index (κ2) is 13.6. The Morgan fingerprint density at radius 2 is 1.17 bits per heavy atom. The molecule has 1 aromatic carbocycles. The lowest BCUT2D eigenvalue weighted by Crippen LogP contribution is -1.98. The molecule has 0 unspecified atom stereocenters. The lowest BCUT2D eigenvalue weighted by atomic mass is 9.93. The maximum Gasteiger partial charge on any atom is -0.0274 e. The molecule has 0 aliphatic carbocycles. The summed E-state index contributed by atoms with van der Waals surface area (Å²) >= 11 is 0. The van der Waals surface area contributed by atoms with Crippen molar-refractivity contribution in [2.24, 2.45) is 0 Å². The van der Waals surface area contributed by atoms with Crippen molar-refractivity contribution in [1.82, 2.24) is 0 Å². The van der Waals surface area contributed by atoms with Crippen molar-refractivity contribution in [3.63, 3.8) is 0 Å². The molecule has 1 aromatic rings. The van der Waals surface area contributed by atoms with Crippen molar-refractivity contribution in [2.75, 3.05) is 0 Å². The number of benzene rings is 1. The van der Waals surface area contributed by atoms with Gasteiger partial charge in [0.1, 0.15) is 0 Å².